The van der Waals surface area contributed by atoms with Crippen molar-refractivity contribution >= 4 is 11.5 Å². The van der Waals surface area contributed by atoms with Gasteiger partial charge in [0.15, 0.2) is 0 Å². The van der Waals surface area contributed by atoms with Gasteiger partial charge in [-0.2, -0.15) is 0 Å². The van der Waals surface area contributed by atoms with E-state index in [2.05, 4.69) is 44.6 Å². The van der Waals surface area contributed by atoms with Crippen LogP contribution in [0.4, 0.5) is 4.39 Å². The molecule has 2 N–H and O–H groups in total. The first-order valence-electron chi connectivity index (χ1n) is 14.9. The number of carbonyl (C=O) groups excluding carboxylic acids is 1. The second-order valence-corrected chi connectivity index (χ2v) is 11.4. The Morgan fingerprint density at radius 3 is 2.47 bits per heavy atom. The Hall–Kier alpha value is -4.81. The van der Waals surface area contributed by atoms with Gasteiger partial charge in [0.05, 0.1) is 5.69 Å². The fourth-order valence-electron chi connectivity index (χ4n) is 6.54. The number of rotatable bonds is 7. The van der Waals surface area contributed by atoms with Gasteiger partial charge in [-0.1, -0.05) is 48.5 Å². The lowest BCUT2D eigenvalue weighted by atomic mass is 9.90. The molecule has 3 aromatic carbocycles. The normalized spacial score (nSPS) is 18.2. The van der Waals surface area contributed by atoms with Gasteiger partial charge < -0.3 is 10.3 Å². The Bertz CT molecular complexity index is 1740. The van der Waals surface area contributed by atoms with Gasteiger partial charge in [0.1, 0.15) is 5.82 Å². The molecule has 43 heavy (non-hydrogen) atoms. The van der Waals surface area contributed by atoms with Crippen LogP contribution in [0.3, 0.4) is 0 Å². The molecule has 0 bridgehead atoms. The van der Waals surface area contributed by atoms with Crippen LogP contribution in [0.25, 0.3) is 28.0 Å². The number of carbonyl (C=O) groups is 1. The van der Waals surface area contributed by atoms with Crippen molar-refractivity contribution in [3.63, 3.8) is 0 Å². The largest absolute Gasteiger partial charge is 0.360 e. The van der Waals surface area contributed by atoms with Crippen molar-refractivity contribution in [2.24, 2.45) is 0 Å². The van der Waals surface area contributed by atoms with Gasteiger partial charge in [0, 0.05) is 61.0 Å². The lowest BCUT2D eigenvalue weighted by molar-refractivity contribution is 0.0951. The molecule has 0 radical (unpaired) electrons. The highest BCUT2D eigenvalue weighted by molar-refractivity contribution is 5.94. The Labute approximate surface area is 251 Å². The maximum Gasteiger partial charge on any atom is 0.251 e. The average molecular weight is 569 g/mol. The van der Waals surface area contributed by atoms with E-state index in [1.807, 2.05) is 79.1 Å². The van der Waals surface area contributed by atoms with Crippen LogP contribution in [0.2, 0.25) is 0 Å². The first-order chi connectivity index (χ1) is 21.1. The molecular formula is C37H33FN4O. The maximum atomic E-state index is 13.7. The third-order valence-corrected chi connectivity index (χ3v) is 8.78. The summed E-state index contributed by atoms with van der Waals surface area (Å²) in [6.45, 7) is 2.53. The van der Waals surface area contributed by atoms with Gasteiger partial charge in [0.2, 0.25) is 0 Å². The van der Waals surface area contributed by atoms with Gasteiger partial charge in [-0.05, 0) is 95.1 Å². The number of hydrogen-bond acceptors (Lipinski definition) is 3. The summed E-state index contributed by atoms with van der Waals surface area (Å²) < 4.78 is 13.7. The molecule has 2 aliphatic heterocycles. The van der Waals surface area contributed by atoms with E-state index in [-0.39, 0.29) is 11.7 Å². The maximum absolute atomic E-state index is 13.7. The van der Waals surface area contributed by atoms with Crippen molar-refractivity contribution in [3.8, 4) is 22.4 Å². The Balaban J connectivity index is 1.09. The van der Waals surface area contributed by atoms with Gasteiger partial charge in [0.25, 0.3) is 5.91 Å². The van der Waals surface area contributed by atoms with Crippen LogP contribution in [0.15, 0.2) is 116 Å². The number of H-pyrrole nitrogens is 1. The standard InChI is InChI=1S/C37H33FN4O/c38-32-12-10-28(11-13-32)36-35(27-14-17-39-18-15-27)34(23-40-36)30-16-19-42-24-31(21-33(42)20-30)26-6-8-29(9-7-26)37(43)41-22-25-4-2-1-3-5-25/h1-15,17-18,20,23,31,33,40H,16,19,21-22,24H2,(H,41,43). The Morgan fingerprint density at radius 1 is 0.930 bits per heavy atom. The van der Waals surface area contributed by atoms with E-state index in [4.69, 9.17) is 0 Å². The smallest absolute Gasteiger partial charge is 0.251 e. The molecule has 214 valence electrons. The molecule has 0 aliphatic carbocycles. The number of aromatic nitrogens is 2. The molecule has 1 fully saturated rings. The number of fused-ring (bicyclic) bond motifs is 1. The van der Waals surface area contributed by atoms with Crippen molar-refractivity contribution in [1.82, 2.24) is 20.2 Å². The van der Waals surface area contributed by atoms with Crippen LogP contribution in [-0.2, 0) is 6.54 Å². The predicted molar refractivity (Wildman–Crippen MR) is 169 cm³/mol. The molecule has 1 saturated heterocycles. The third kappa shape index (κ3) is 5.66. The predicted octanol–water partition coefficient (Wildman–Crippen LogP) is 7.46. The number of aromatic amines is 1. The zero-order chi connectivity index (χ0) is 29.2. The minimum absolute atomic E-state index is 0.0525. The van der Waals surface area contributed by atoms with E-state index < -0.39 is 0 Å². The fraction of sp³-hybridized carbons (Fsp3) is 0.189. The van der Waals surface area contributed by atoms with Crippen LogP contribution in [-0.4, -0.2) is 39.9 Å². The topological polar surface area (TPSA) is 61.0 Å². The highest BCUT2D eigenvalue weighted by atomic mass is 19.1. The summed E-state index contributed by atoms with van der Waals surface area (Å²) >= 11 is 0. The minimum atomic E-state index is -0.243. The molecule has 2 aromatic heterocycles. The van der Waals surface area contributed by atoms with Gasteiger partial charge >= 0.3 is 0 Å². The Kier molecular flexibility index (Phi) is 7.44. The quantitative estimate of drug-likeness (QED) is 0.214. The molecule has 2 unspecified atom stereocenters. The van der Waals surface area contributed by atoms with Gasteiger partial charge in [-0.15, -0.1) is 0 Å². The molecule has 4 heterocycles. The highest BCUT2D eigenvalue weighted by Crippen LogP contribution is 2.42. The number of pyridine rings is 1. The van der Waals surface area contributed by atoms with E-state index >= 15 is 0 Å². The number of nitrogens with one attached hydrogen (secondary N) is 2. The second kappa shape index (κ2) is 11.8. The summed E-state index contributed by atoms with van der Waals surface area (Å²) in [5, 5.41) is 3.02. The molecule has 0 saturated carbocycles. The van der Waals surface area contributed by atoms with Crippen molar-refractivity contribution < 1.29 is 9.18 Å². The molecule has 5 aromatic rings. The SMILES string of the molecule is O=C(NCc1ccccc1)c1ccc(C2CC3C=C(c4c[nH]c(-c5ccc(F)cc5)c4-c4ccncc4)CCN3C2)cc1. The lowest BCUT2D eigenvalue weighted by Gasteiger charge is -2.28. The van der Waals surface area contributed by atoms with Crippen molar-refractivity contribution in [2.75, 3.05) is 13.1 Å². The minimum Gasteiger partial charge on any atom is -0.360 e. The highest BCUT2D eigenvalue weighted by Gasteiger charge is 2.35. The first-order valence-corrected chi connectivity index (χ1v) is 14.9. The summed E-state index contributed by atoms with van der Waals surface area (Å²) in [4.78, 5) is 23.0. The summed E-state index contributed by atoms with van der Waals surface area (Å²) in [6, 6.07) is 29.2. The van der Waals surface area contributed by atoms with Crippen LogP contribution in [0.5, 0.6) is 0 Å². The summed E-state index contributed by atoms with van der Waals surface area (Å²) in [7, 11) is 0. The van der Waals surface area contributed by atoms with Crippen LogP contribution < -0.4 is 5.32 Å². The summed E-state index contributed by atoms with van der Waals surface area (Å²) in [5.41, 5.74) is 9.74. The van der Waals surface area contributed by atoms with Crippen molar-refractivity contribution in [1.29, 1.82) is 0 Å². The molecule has 6 heteroatoms. The average Bonchev–Trinajstić information content (AvgIpc) is 3.70. The van der Waals surface area contributed by atoms with E-state index in [1.54, 1.807) is 0 Å². The van der Waals surface area contributed by atoms with E-state index in [1.165, 1.54) is 28.8 Å². The molecule has 2 aliphatic rings. The number of hydrogen-bond donors (Lipinski definition) is 2. The molecule has 7 rings (SSSR count). The summed E-state index contributed by atoms with van der Waals surface area (Å²) in [5.74, 6) is 0.124. The second-order valence-electron chi connectivity index (χ2n) is 11.4. The fourth-order valence-corrected chi connectivity index (χ4v) is 6.54. The van der Waals surface area contributed by atoms with E-state index in [9.17, 15) is 9.18 Å². The zero-order valence-corrected chi connectivity index (χ0v) is 23.8. The van der Waals surface area contributed by atoms with Gasteiger partial charge in [-0.25, -0.2) is 4.39 Å². The lowest BCUT2D eigenvalue weighted by Crippen LogP contribution is -2.32. The number of amides is 1. The number of halogens is 1. The zero-order valence-electron chi connectivity index (χ0n) is 23.8. The van der Waals surface area contributed by atoms with Crippen molar-refractivity contribution in [3.05, 3.63) is 144 Å². The molecule has 2 atom stereocenters. The summed E-state index contributed by atoms with van der Waals surface area (Å²) in [6.07, 6.45) is 10.2. The van der Waals surface area contributed by atoms with E-state index in [0.717, 1.165) is 53.9 Å². The Morgan fingerprint density at radius 2 is 1.70 bits per heavy atom. The third-order valence-electron chi connectivity index (χ3n) is 8.78. The molecule has 0 spiro atoms. The van der Waals surface area contributed by atoms with Crippen LogP contribution in [0, 0.1) is 5.82 Å². The van der Waals surface area contributed by atoms with E-state index in [0.29, 0.717) is 24.1 Å². The number of nitrogens with zero attached hydrogens (tertiary/aromatic N) is 2. The van der Waals surface area contributed by atoms with Gasteiger partial charge in [-0.3, -0.25) is 14.7 Å². The first kappa shape index (κ1) is 27.0. The number of benzene rings is 3. The monoisotopic (exact) mass is 568 g/mol. The van der Waals surface area contributed by atoms with Crippen LogP contribution in [0.1, 0.15) is 45.8 Å². The van der Waals surface area contributed by atoms with Crippen LogP contribution >= 0.6 is 0 Å². The van der Waals surface area contributed by atoms with Crippen molar-refractivity contribution in [2.45, 2.75) is 31.3 Å². The molecule has 1 amide bonds. The molecular weight excluding hydrogens is 535 g/mol. The molecule has 5 nitrogen and oxygen atoms in total.